The maximum Gasteiger partial charge on any atom is 0.331 e. The topological polar surface area (TPSA) is 55.4 Å². The molecule has 1 amide bonds. The molecular weight excluding hydrogens is 309 g/mol. The second-order valence-electron chi connectivity index (χ2n) is 5.32. The summed E-state index contributed by atoms with van der Waals surface area (Å²) < 4.78 is 18.1. The second kappa shape index (κ2) is 8.06. The Morgan fingerprint density at radius 3 is 2.54 bits per heavy atom. The minimum atomic E-state index is -0.948. The maximum absolute atomic E-state index is 13.0. The normalized spacial score (nSPS) is 12.0. The minimum Gasteiger partial charge on any atom is -0.449 e. The smallest absolute Gasteiger partial charge is 0.331 e. The van der Waals surface area contributed by atoms with Gasteiger partial charge in [0.1, 0.15) is 5.82 Å². The Labute approximate surface area is 140 Å². The fourth-order valence-corrected chi connectivity index (χ4v) is 1.92. The monoisotopic (exact) mass is 327 g/mol. The minimum absolute atomic E-state index is 0.392. The van der Waals surface area contributed by atoms with Gasteiger partial charge in [0, 0.05) is 11.8 Å². The molecule has 0 heterocycles. The molecule has 0 saturated carbocycles. The summed E-state index contributed by atoms with van der Waals surface area (Å²) in [6.45, 7) is 3.43. The first-order valence-electron chi connectivity index (χ1n) is 7.46. The van der Waals surface area contributed by atoms with Crippen LogP contribution < -0.4 is 5.32 Å². The molecule has 0 saturated heterocycles. The first kappa shape index (κ1) is 17.4. The van der Waals surface area contributed by atoms with Crippen molar-refractivity contribution in [2.45, 2.75) is 20.0 Å². The molecule has 0 aliphatic carbocycles. The first-order chi connectivity index (χ1) is 11.4. The van der Waals surface area contributed by atoms with Crippen molar-refractivity contribution in [2.24, 2.45) is 0 Å². The fourth-order valence-electron chi connectivity index (χ4n) is 1.92. The number of rotatable bonds is 5. The number of carbonyl (C=O) groups excluding carboxylic acids is 2. The van der Waals surface area contributed by atoms with Crippen LogP contribution in [0.4, 0.5) is 10.1 Å². The Morgan fingerprint density at radius 1 is 1.17 bits per heavy atom. The van der Waals surface area contributed by atoms with Crippen LogP contribution in [0.15, 0.2) is 54.6 Å². The number of amides is 1. The van der Waals surface area contributed by atoms with Crippen molar-refractivity contribution < 1.29 is 18.7 Å². The largest absolute Gasteiger partial charge is 0.449 e. The molecule has 4 nitrogen and oxygen atoms in total. The standard InChI is InChI=1S/C19H18FNO3/c1-13-6-9-17(10-7-13)21-19(23)14(2)24-18(22)11-8-15-4-3-5-16(20)12-15/h3-12,14H,1-2H3,(H,21,23)/b11-8+/t14-/m1/s1. The Balaban J connectivity index is 1.88. The lowest BCUT2D eigenvalue weighted by Gasteiger charge is -2.12. The van der Waals surface area contributed by atoms with E-state index in [0.29, 0.717) is 11.3 Å². The van der Waals surface area contributed by atoms with Gasteiger partial charge in [-0.15, -0.1) is 0 Å². The molecule has 1 atom stereocenters. The highest BCUT2D eigenvalue weighted by Gasteiger charge is 2.16. The van der Waals surface area contributed by atoms with E-state index in [0.717, 1.165) is 11.6 Å². The van der Waals surface area contributed by atoms with Crippen LogP contribution in [0.25, 0.3) is 6.08 Å². The van der Waals surface area contributed by atoms with Gasteiger partial charge < -0.3 is 10.1 Å². The van der Waals surface area contributed by atoms with Gasteiger partial charge in [-0.05, 0) is 49.8 Å². The van der Waals surface area contributed by atoms with E-state index < -0.39 is 23.8 Å². The molecule has 0 spiro atoms. The Bertz CT molecular complexity index is 753. The van der Waals surface area contributed by atoms with Gasteiger partial charge in [0.15, 0.2) is 6.10 Å². The number of halogens is 1. The SMILES string of the molecule is Cc1ccc(NC(=O)[C@@H](C)OC(=O)/C=C/c2cccc(F)c2)cc1. The molecule has 2 aromatic carbocycles. The van der Waals surface area contributed by atoms with E-state index >= 15 is 0 Å². The summed E-state index contributed by atoms with van der Waals surface area (Å²) in [6.07, 6.45) is 1.64. The number of hydrogen-bond donors (Lipinski definition) is 1. The molecule has 0 aromatic heterocycles. The van der Waals surface area contributed by atoms with E-state index in [1.165, 1.54) is 31.2 Å². The maximum atomic E-state index is 13.0. The van der Waals surface area contributed by atoms with Crippen LogP contribution in [-0.4, -0.2) is 18.0 Å². The lowest BCUT2D eigenvalue weighted by atomic mass is 10.2. The van der Waals surface area contributed by atoms with Crippen LogP contribution in [0.3, 0.4) is 0 Å². The van der Waals surface area contributed by atoms with Crippen molar-refractivity contribution in [3.8, 4) is 0 Å². The summed E-state index contributed by atoms with van der Waals surface area (Å²) >= 11 is 0. The molecule has 0 unspecified atom stereocenters. The summed E-state index contributed by atoms with van der Waals surface area (Å²) in [5.74, 6) is -1.49. The fraction of sp³-hybridized carbons (Fsp3) is 0.158. The third-order valence-corrected chi connectivity index (χ3v) is 3.24. The third-order valence-electron chi connectivity index (χ3n) is 3.24. The van der Waals surface area contributed by atoms with Crippen LogP contribution >= 0.6 is 0 Å². The zero-order chi connectivity index (χ0) is 17.5. The predicted molar refractivity (Wildman–Crippen MR) is 90.8 cm³/mol. The summed E-state index contributed by atoms with van der Waals surface area (Å²) in [6, 6.07) is 13.1. The molecule has 24 heavy (non-hydrogen) atoms. The molecule has 2 aromatic rings. The molecule has 1 N–H and O–H groups in total. The molecular formula is C19H18FNO3. The quantitative estimate of drug-likeness (QED) is 0.673. The van der Waals surface area contributed by atoms with E-state index in [1.54, 1.807) is 18.2 Å². The Kier molecular flexibility index (Phi) is 5.84. The lowest BCUT2D eigenvalue weighted by Crippen LogP contribution is -2.29. The zero-order valence-electron chi connectivity index (χ0n) is 13.5. The Morgan fingerprint density at radius 2 is 1.88 bits per heavy atom. The van der Waals surface area contributed by atoms with Gasteiger partial charge in [0.2, 0.25) is 0 Å². The number of hydrogen-bond acceptors (Lipinski definition) is 3. The number of esters is 1. The number of carbonyl (C=O) groups is 2. The van der Waals surface area contributed by atoms with E-state index in [-0.39, 0.29) is 0 Å². The van der Waals surface area contributed by atoms with Crippen LogP contribution in [0.1, 0.15) is 18.1 Å². The highest BCUT2D eigenvalue weighted by atomic mass is 19.1. The van der Waals surface area contributed by atoms with E-state index in [1.807, 2.05) is 19.1 Å². The van der Waals surface area contributed by atoms with Crippen LogP contribution in [0.5, 0.6) is 0 Å². The lowest BCUT2D eigenvalue weighted by molar-refractivity contribution is -0.148. The zero-order valence-corrected chi connectivity index (χ0v) is 13.5. The molecule has 2 rings (SSSR count). The van der Waals surface area contributed by atoms with Crippen molar-refractivity contribution in [3.63, 3.8) is 0 Å². The third kappa shape index (κ3) is 5.35. The first-order valence-corrected chi connectivity index (χ1v) is 7.46. The second-order valence-corrected chi connectivity index (χ2v) is 5.32. The predicted octanol–water partition coefficient (Wildman–Crippen LogP) is 3.72. The van der Waals surface area contributed by atoms with Gasteiger partial charge >= 0.3 is 5.97 Å². The number of anilines is 1. The average molecular weight is 327 g/mol. The summed E-state index contributed by atoms with van der Waals surface area (Å²) in [7, 11) is 0. The van der Waals surface area contributed by atoms with Gasteiger partial charge in [-0.1, -0.05) is 29.8 Å². The molecule has 5 heteroatoms. The number of ether oxygens (including phenoxy) is 1. The van der Waals surface area contributed by atoms with Crippen molar-refractivity contribution >= 4 is 23.6 Å². The highest BCUT2D eigenvalue weighted by molar-refractivity contribution is 5.96. The number of nitrogens with one attached hydrogen (secondary N) is 1. The average Bonchev–Trinajstić information content (AvgIpc) is 2.55. The molecule has 0 aliphatic rings. The number of aryl methyl sites for hydroxylation is 1. The van der Waals surface area contributed by atoms with Crippen LogP contribution in [0, 0.1) is 12.7 Å². The summed E-state index contributed by atoms with van der Waals surface area (Å²) in [5, 5.41) is 2.67. The van der Waals surface area contributed by atoms with Crippen molar-refractivity contribution in [2.75, 3.05) is 5.32 Å². The van der Waals surface area contributed by atoms with Gasteiger partial charge in [0.05, 0.1) is 0 Å². The van der Waals surface area contributed by atoms with Crippen molar-refractivity contribution in [1.82, 2.24) is 0 Å². The highest BCUT2D eigenvalue weighted by Crippen LogP contribution is 2.10. The Hall–Kier alpha value is -2.95. The van der Waals surface area contributed by atoms with E-state index in [4.69, 9.17) is 4.74 Å². The van der Waals surface area contributed by atoms with Crippen molar-refractivity contribution in [3.05, 3.63) is 71.6 Å². The van der Waals surface area contributed by atoms with Gasteiger partial charge in [-0.3, -0.25) is 4.79 Å². The summed E-state index contributed by atoms with van der Waals surface area (Å²) in [4.78, 5) is 23.7. The number of benzene rings is 2. The van der Waals surface area contributed by atoms with Gasteiger partial charge in [-0.25, -0.2) is 9.18 Å². The molecule has 0 radical (unpaired) electrons. The van der Waals surface area contributed by atoms with Crippen LogP contribution in [-0.2, 0) is 14.3 Å². The van der Waals surface area contributed by atoms with Gasteiger partial charge in [0.25, 0.3) is 5.91 Å². The molecule has 124 valence electrons. The molecule has 0 bridgehead atoms. The van der Waals surface area contributed by atoms with Gasteiger partial charge in [-0.2, -0.15) is 0 Å². The molecule has 0 fully saturated rings. The van der Waals surface area contributed by atoms with Crippen LogP contribution in [0.2, 0.25) is 0 Å². The molecule has 0 aliphatic heterocycles. The van der Waals surface area contributed by atoms with Crippen molar-refractivity contribution in [1.29, 1.82) is 0 Å². The van der Waals surface area contributed by atoms with E-state index in [2.05, 4.69) is 5.32 Å². The van der Waals surface area contributed by atoms with E-state index in [9.17, 15) is 14.0 Å². The summed E-state index contributed by atoms with van der Waals surface area (Å²) in [5.41, 5.74) is 2.24.